The fourth-order valence-electron chi connectivity index (χ4n) is 7.08. The van der Waals surface area contributed by atoms with E-state index in [0.29, 0.717) is 25.4 Å². The summed E-state index contributed by atoms with van der Waals surface area (Å²) in [5, 5.41) is 0. The quantitative estimate of drug-likeness (QED) is 0.156. The van der Waals surface area contributed by atoms with E-state index in [9.17, 15) is 4.79 Å². The molecule has 0 atom stereocenters. The van der Waals surface area contributed by atoms with Gasteiger partial charge in [0.15, 0.2) is 6.79 Å². The molecule has 6 rings (SSSR count). The molecule has 192 valence electrons. The van der Waals surface area contributed by atoms with Gasteiger partial charge in [-0.15, -0.1) is 0 Å². The summed E-state index contributed by atoms with van der Waals surface area (Å²) in [6.07, 6.45) is 12.3. The van der Waals surface area contributed by atoms with Crippen LogP contribution >= 0.6 is 0 Å². The fraction of sp³-hybridized carbons (Fsp3) is 0.516. The van der Waals surface area contributed by atoms with Crippen molar-refractivity contribution in [2.45, 2.75) is 50.9 Å². The number of esters is 1. The van der Waals surface area contributed by atoms with Crippen molar-refractivity contribution < 1.29 is 23.7 Å². The molecule has 0 radical (unpaired) electrons. The molecular weight excluding hydrogens is 452 g/mol. The third kappa shape index (κ3) is 5.52. The van der Waals surface area contributed by atoms with Gasteiger partial charge in [-0.2, -0.15) is 0 Å². The van der Waals surface area contributed by atoms with Crippen LogP contribution in [-0.2, 0) is 19.6 Å². The lowest BCUT2D eigenvalue weighted by atomic mass is 9.48. The Labute approximate surface area is 214 Å². The van der Waals surface area contributed by atoms with Gasteiger partial charge in [-0.25, -0.2) is 4.79 Å². The zero-order valence-corrected chi connectivity index (χ0v) is 21.5. The van der Waals surface area contributed by atoms with Gasteiger partial charge in [-0.05, 0) is 104 Å². The second kappa shape index (κ2) is 11.2. The largest absolute Gasteiger partial charge is 0.467 e. The van der Waals surface area contributed by atoms with Gasteiger partial charge in [0.2, 0.25) is 0 Å². The van der Waals surface area contributed by atoms with Crippen LogP contribution in [0, 0.1) is 17.8 Å². The van der Waals surface area contributed by atoms with Crippen LogP contribution in [0.15, 0.2) is 42.5 Å². The minimum atomic E-state index is -0.282. The van der Waals surface area contributed by atoms with Crippen molar-refractivity contribution in [2.24, 2.45) is 17.8 Å². The first-order valence-electron chi connectivity index (χ1n) is 13.4. The molecule has 5 nitrogen and oxygen atoms in total. The van der Waals surface area contributed by atoms with Crippen molar-refractivity contribution in [2.75, 3.05) is 33.7 Å². The van der Waals surface area contributed by atoms with Crippen LogP contribution in [0.3, 0.4) is 0 Å². The Kier molecular flexibility index (Phi) is 7.78. The third-order valence-corrected chi connectivity index (χ3v) is 8.23. The molecule has 4 aliphatic rings. The molecule has 0 aromatic heterocycles. The van der Waals surface area contributed by atoms with Gasteiger partial charge in [0, 0.05) is 12.7 Å². The number of hydrogen-bond donors (Lipinski definition) is 0. The molecule has 0 heterocycles. The highest BCUT2D eigenvalue weighted by molar-refractivity contribution is 5.89. The van der Waals surface area contributed by atoms with Crippen LogP contribution < -0.4 is 4.74 Å². The van der Waals surface area contributed by atoms with Gasteiger partial charge >= 0.3 is 5.97 Å². The molecule has 0 spiro atoms. The Balaban J connectivity index is 1.37. The Morgan fingerprint density at radius 1 is 0.917 bits per heavy atom. The molecule has 4 bridgehead atoms. The molecular formula is C31H38O5. The highest BCUT2D eigenvalue weighted by Crippen LogP contribution is 2.62. The second-order valence-corrected chi connectivity index (χ2v) is 10.8. The lowest BCUT2D eigenvalue weighted by Gasteiger charge is -2.57. The summed E-state index contributed by atoms with van der Waals surface area (Å²) in [4.78, 5) is 11.9. The predicted octanol–water partition coefficient (Wildman–Crippen LogP) is 6.50. The zero-order valence-electron chi connectivity index (χ0n) is 21.5. The van der Waals surface area contributed by atoms with E-state index < -0.39 is 0 Å². The Morgan fingerprint density at radius 3 is 2.19 bits per heavy atom. The maximum absolute atomic E-state index is 11.9. The summed E-state index contributed by atoms with van der Waals surface area (Å²) < 4.78 is 22.0. The molecule has 5 heteroatoms. The van der Waals surface area contributed by atoms with E-state index in [1.807, 2.05) is 31.2 Å². The van der Waals surface area contributed by atoms with E-state index in [1.54, 1.807) is 7.11 Å². The molecule has 2 aromatic rings. The van der Waals surface area contributed by atoms with E-state index >= 15 is 0 Å². The van der Waals surface area contributed by atoms with Gasteiger partial charge in [-0.3, -0.25) is 0 Å². The average molecular weight is 491 g/mol. The van der Waals surface area contributed by atoms with E-state index in [-0.39, 0.29) is 18.2 Å². The van der Waals surface area contributed by atoms with Gasteiger partial charge in [0.05, 0.1) is 25.4 Å². The Hall–Kier alpha value is -2.63. The molecule has 4 aliphatic carbocycles. The van der Waals surface area contributed by atoms with Crippen LogP contribution in [-0.4, -0.2) is 39.7 Å². The van der Waals surface area contributed by atoms with Crippen LogP contribution in [0.1, 0.15) is 72.5 Å². The molecule has 4 saturated carbocycles. The first kappa shape index (κ1) is 25.0. The molecule has 0 unspecified atom stereocenters. The van der Waals surface area contributed by atoms with Crippen molar-refractivity contribution in [3.63, 3.8) is 0 Å². The Morgan fingerprint density at radius 2 is 1.56 bits per heavy atom. The topological polar surface area (TPSA) is 54.0 Å². The number of carbonyl (C=O) groups excluding carboxylic acids is 1. The maximum atomic E-state index is 11.9. The SMILES string of the molecule is CCOC(=O)c1ccc(/C=C/c2ccc(OCOCCOC)c(C34CC5CC(CC(C5)C3)C4)c2)cc1. The number of methoxy groups -OCH3 is 1. The predicted molar refractivity (Wildman–Crippen MR) is 141 cm³/mol. The standard InChI is InChI=1S/C31H38O5/c1-3-35-30(32)27-9-6-22(7-10-27)4-5-23-8-11-29(36-21-34-13-12-33-2)28(17-23)31-18-24-14-25(19-31)16-26(15-24)20-31/h4-11,17,24-26H,3,12-16,18-21H2,1-2H3/b5-4+. The second-order valence-electron chi connectivity index (χ2n) is 10.8. The summed E-state index contributed by atoms with van der Waals surface area (Å²) in [6, 6.07) is 14.1. The maximum Gasteiger partial charge on any atom is 0.338 e. The van der Waals surface area contributed by atoms with Crippen LogP contribution in [0.2, 0.25) is 0 Å². The molecule has 4 fully saturated rings. The van der Waals surface area contributed by atoms with Crippen molar-refractivity contribution in [1.29, 1.82) is 0 Å². The molecule has 0 N–H and O–H groups in total. The van der Waals surface area contributed by atoms with Gasteiger partial charge < -0.3 is 18.9 Å². The van der Waals surface area contributed by atoms with Crippen molar-refractivity contribution in [1.82, 2.24) is 0 Å². The molecule has 0 amide bonds. The van der Waals surface area contributed by atoms with E-state index in [1.165, 1.54) is 49.7 Å². The van der Waals surface area contributed by atoms with Crippen LogP contribution in [0.25, 0.3) is 12.2 Å². The lowest BCUT2D eigenvalue weighted by Crippen LogP contribution is -2.48. The number of rotatable bonds is 11. The van der Waals surface area contributed by atoms with Crippen LogP contribution in [0.4, 0.5) is 0 Å². The first-order chi connectivity index (χ1) is 17.6. The monoisotopic (exact) mass is 490 g/mol. The first-order valence-corrected chi connectivity index (χ1v) is 13.4. The van der Waals surface area contributed by atoms with E-state index in [2.05, 4.69) is 30.4 Å². The van der Waals surface area contributed by atoms with E-state index in [0.717, 1.165) is 29.1 Å². The van der Waals surface area contributed by atoms with Gasteiger partial charge in [0.1, 0.15) is 5.75 Å². The molecule has 2 aromatic carbocycles. The summed E-state index contributed by atoms with van der Waals surface area (Å²) in [5.41, 5.74) is 4.38. The number of benzene rings is 2. The average Bonchev–Trinajstić information content (AvgIpc) is 2.87. The minimum Gasteiger partial charge on any atom is -0.467 e. The molecule has 36 heavy (non-hydrogen) atoms. The summed E-state index contributed by atoms with van der Waals surface area (Å²) in [5.74, 6) is 3.26. The summed E-state index contributed by atoms with van der Waals surface area (Å²) in [6.45, 7) is 3.53. The number of ether oxygens (including phenoxy) is 4. The lowest BCUT2D eigenvalue weighted by molar-refractivity contribution is -0.0189. The highest BCUT2D eigenvalue weighted by atomic mass is 16.7. The Bertz CT molecular complexity index is 1040. The van der Waals surface area contributed by atoms with Crippen molar-refractivity contribution in [3.05, 3.63) is 64.7 Å². The third-order valence-electron chi connectivity index (χ3n) is 8.23. The normalized spacial score (nSPS) is 26.4. The van der Waals surface area contributed by atoms with Crippen LogP contribution in [0.5, 0.6) is 5.75 Å². The highest BCUT2D eigenvalue weighted by Gasteiger charge is 2.52. The van der Waals surface area contributed by atoms with Gasteiger partial charge in [0.25, 0.3) is 0 Å². The smallest absolute Gasteiger partial charge is 0.338 e. The van der Waals surface area contributed by atoms with Crippen molar-refractivity contribution in [3.8, 4) is 5.75 Å². The van der Waals surface area contributed by atoms with Gasteiger partial charge in [-0.1, -0.05) is 30.4 Å². The summed E-state index contributed by atoms with van der Waals surface area (Å²) >= 11 is 0. The number of hydrogen-bond acceptors (Lipinski definition) is 5. The molecule has 0 saturated heterocycles. The van der Waals surface area contributed by atoms with E-state index in [4.69, 9.17) is 18.9 Å². The summed E-state index contributed by atoms with van der Waals surface area (Å²) in [7, 11) is 1.68. The number of carbonyl (C=O) groups is 1. The fourth-order valence-corrected chi connectivity index (χ4v) is 7.08. The van der Waals surface area contributed by atoms with Crippen molar-refractivity contribution >= 4 is 18.1 Å². The molecule has 0 aliphatic heterocycles. The minimum absolute atomic E-state index is 0.224. The zero-order chi connectivity index (χ0) is 25.0.